The van der Waals surface area contributed by atoms with Crippen molar-refractivity contribution < 1.29 is 13.9 Å². The zero-order valence-electron chi connectivity index (χ0n) is 17.1. The average molecular weight is 446 g/mol. The minimum absolute atomic E-state index is 0.0437. The second-order valence-corrected chi connectivity index (χ2v) is 8.34. The molecule has 0 unspecified atom stereocenters. The van der Waals surface area contributed by atoms with Crippen molar-refractivity contribution in [1.29, 1.82) is 0 Å². The Morgan fingerprint density at radius 1 is 1.03 bits per heavy atom. The quantitative estimate of drug-likeness (QED) is 0.403. The second kappa shape index (κ2) is 8.88. The van der Waals surface area contributed by atoms with Gasteiger partial charge in [0, 0.05) is 17.1 Å². The van der Waals surface area contributed by atoms with Crippen LogP contribution in [0.4, 0.5) is 10.1 Å². The Bertz CT molecular complexity index is 1260. The van der Waals surface area contributed by atoms with E-state index in [1.54, 1.807) is 23.2 Å². The first kappa shape index (κ1) is 20.3. The van der Waals surface area contributed by atoms with Crippen molar-refractivity contribution in [1.82, 2.24) is 9.88 Å². The van der Waals surface area contributed by atoms with Crippen LogP contribution in [0.25, 0.3) is 10.9 Å². The van der Waals surface area contributed by atoms with Crippen molar-refractivity contribution >= 4 is 34.4 Å². The number of amides is 1. The topological polar surface area (TPSA) is 54.5 Å². The Kier molecular flexibility index (Phi) is 5.64. The lowest BCUT2D eigenvalue weighted by Crippen LogP contribution is -2.56. The van der Waals surface area contributed by atoms with Gasteiger partial charge in [-0.2, -0.15) is 0 Å². The highest BCUT2D eigenvalue weighted by Crippen LogP contribution is 2.29. The fraction of sp³-hybridized carbons (Fsp3) is 0.120. The lowest BCUT2D eigenvalue weighted by molar-refractivity contribution is 0.0177. The number of fused-ring (bicyclic) bond motifs is 1. The van der Waals surface area contributed by atoms with Crippen molar-refractivity contribution in [2.24, 2.45) is 0 Å². The maximum atomic E-state index is 14.7. The Balaban J connectivity index is 1.20. The molecule has 5 nitrogen and oxygen atoms in total. The summed E-state index contributed by atoms with van der Waals surface area (Å²) in [5.74, 6) is 0.105. The Morgan fingerprint density at radius 2 is 1.84 bits per heavy atom. The molecule has 0 spiro atoms. The molecule has 1 aliphatic rings. The molecule has 2 heterocycles. The van der Waals surface area contributed by atoms with Gasteiger partial charge in [-0.3, -0.25) is 9.78 Å². The lowest BCUT2D eigenvalue weighted by atomic mass is 10.1. The third kappa shape index (κ3) is 4.24. The number of benzene rings is 3. The molecule has 7 heteroatoms. The molecule has 32 heavy (non-hydrogen) atoms. The number of likely N-dealkylation sites (tertiary alicyclic amines) is 1. The number of para-hydroxylation sites is 2. The van der Waals surface area contributed by atoms with Gasteiger partial charge in [0.15, 0.2) is 0 Å². The van der Waals surface area contributed by atoms with Gasteiger partial charge in [0.25, 0.3) is 5.91 Å². The van der Waals surface area contributed by atoms with Crippen molar-refractivity contribution in [2.75, 3.05) is 17.8 Å². The molecule has 3 aromatic carbocycles. The molecule has 1 amide bonds. The zero-order valence-corrected chi connectivity index (χ0v) is 17.9. The molecule has 1 saturated heterocycles. The van der Waals surface area contributed by atoms with Gasteiger partial charge >= 0.3 is 0 Å². The molecular weight excluding hydrogens is 425 g/mol. The van der Waals surface area contributed by atoms with Crippen LogP contribution in [0, 0.1) is 5.82 Å². The second-order valence-electron chi connectivity index (χ2n) is 7.49. The number of aromatic nitrogens is 1. The number of nitrogens with zero attached hydrogens (tertiary/aromatic N) is 2. The first-order valence-corrected chi connectivity index (χ1v) is 11.1. The van der Waals surface area contributed by atoms with Gasteiger partial charge in [-0.1, -0.05) is 36.4 Å². The zero-order chi connectivity index (χ0) is 21.9. The van der Waals surface area contributed by atoms with E-state index in [0.717, 1.165) is 21.5 Å². The minimum atomic E-state index is -0.478. The van der Waals surface area contributed by atoms with Crippen LogP contribution in [0.5, 0.6) is 5.75 Å². The first-order chi connectivity index (χ1) is 15.7. The smallest absolute Gasteiger partial charge is 0.254 e. The third-order valence-corrected chi connectivity index (χ3v) is 6.14. The van der Waals surface area contributed by atoms with E-state index in [-0.39, 0.29) is 12.0 Å². The van der Waals surface area contributed by atoms with Crippen molar-refractivity contribution in [3.63, 3.8) is 0 Å². The molecule has 1 aromatic heterocycles. The van der Waals surface area contributed by atoms with E-state index in [1.807, 2.05) is 60.7 Å². The molecule has 0 bridgehead atoms. The van der Waals surface area contributed by atoms with Gasteiger partial charge in [-0.05, 0) is 54.4 Å². The average Bonchev–Trinajstić information content (AvgIpc) is 2.80. The summed E-state index contributed by atoms with van der Waals surface area (Å²) in [5.41, 5.74) is 1.49. The van der Waals surface area contributed by atoms with Crippen LogP contribution < -0.4 is 9.46 Å². The predicted molar refractivity (Wildman–Crippen MR) is 124 cm³/mol. The van der Waals surface area contributed by atoms with Crippen molar-refractivity contribution in [3.8, 4) is 5.75 Å². The predicted octanol–water partition coefficient (Wildman–Crippen LogP) is 5.40. The van der Waals surface area contributed by atoms with Gasteiger partial charge in [-0.25, -0.2) is 4.39 Å². The molecule has 0 aliphatic carbocycles. The number of rotatable bonds is 6. The summed E-state index contributed by atoms with van der Waals surface area (Å²) in [6.45, 7) is 0.971. The molecule has 4 aromatic rings. The summed E-state index contributed by atoms with van der Waals surface area (Å²) in [4.78, 5) is 19.6. The fourth-order valence-corrected chi connectivity index (χ4v) is 4.35. The van der Waals surface area contributed by atoms with E-state index in [1.165, 1.54) is 18.0 Å². The van der Waals surface area contributed by atoms with Gasteiger partial charge in [-0.15, -0.1) is 0 Å². The number of nitrogens with one attached hydrogen (secondary N) is 1. The summed E-state index contributed by atoms with van der Waals surface area (Å²) in [5, 5.41) is 1.02. The van der Waals surface area contributed by atoms with Gasteiger partial charge < -0.3 is 14.4 Å². The Labute approximate surface area is 189 Å². The fourth-order valence-electron chi connectivity index (χ4n) is 3.55. The number of hydrogen-bond donors (Lipinski definition) is 1. The first-order valence-electron chi connectivity index (χ1n) is 10.2. The third-order valence-electron chi connectivity index (χ3n) is 5.26. The molecule has 160 valence electrons. The van der Waals surface area contributed by atoms with Crippen LogP contribution in [0.3, 0.4) is 0 Å². The maximum absolute atomic E-state index is 14.7. The lowest BCUT2D eigenvalue weighted by Gasteiger charge is -2.39. The molecule has 5 rings (SSSR count). The molecule has 0 radical (unpaired) electrons. The number of anilines is 1. The number of ether oxygens (including phenoxy) is 1. The summed E-state index contributed by atoms with van der Waals surface area (Å²) in [6.07, 6.45) is 1.69. The molecular formula is C25H20FN3O2S. The Morgan fingerprint density at radius 3 is 2.66 bits per heavy atom. The summed E-state index contributed by atoms with van der Waals surface area (Å²) < 4.78 is 23.6. The van der Waals surface area contributed by atoms with Crippen molar-refractivity contribution in [2.45, 2.75) is 11.0 Å². The highest BCUT2D eigenvalue weighted by Gasteiger charge is 2.33. The number of hydrogen-bond acceptors (Lipinski definition) is 5. The van der Waals surface area contributed by atoms with Crippen LogP contribution >= 0.6 is 11.9 Å². The van der Waals surface area contributed by atoms with Crippen molar-refractivity contribution in [3.05, 3.63) is 96.4 Å². The summed E-state index contributed by atoms with van der Waals surface area (Å²) in [6, 6.07) is 23.7. The van der Waals surface area contributed by atoms with Crippen LogP contribution in [0.1, 0.15) is 10.4 Å². The van der Waals surface area contributed by atoms with Gasteiger partial charge in [0.05, 0.1) is 29.2 Å². The van der Waals surface area contributed by atoms with Crippen LogP contribution in [-0.2, 0) is 0 Å². The van der Waals surface area contributed by atoms with E-state index < -0.39 is 5.82 Å². The molecule has 0 atom stereocenters. The van der Waals surface area contributed by atoms with Crippen LogP contribution in [-0.4, -0.2) is 35.0 Å². The molecule has 0 saturated carbocycles. The molecule has 1 aliphatic heterocycles. The van der Waals surface area contributed by atoms with E-state index >= 15 is 0 Å². The number of carbonyl (C=O) groups excluding carboxylic acids is 1. The highest BCUT2D eigenvalue weighted by atomic mass is 32.2. The normalized spacial score (nSPS) is 13.6. The number of pyridine rings is 1. The maximum Gasteiger partial charge on any atom is 0.254 e. The molecule has 1 N–H and O–H groups in total. The standard InChI is InChI=1S/C25H20FN3O2S/c26-21-14-18(25(30)29-15-20(16-29)31-19-8-2-1-3-9-19)11-12-22(21)28-32-23-10-4-6-17-7-5-13-27-24(17)23/h1-14,20,28H,15-16H2. The van der Waals surface area contributed by atoms with Crippen LogP contribution in [0.15, 0.2) is 90.0 Å². The van der Waals surface area contributed by atoms with Gasteiger partial charge in [0.1, 0.15) is 17.7 Å². The van der Waals surface area contributed by atoms with Gasteiger partial charge in [0.2, 0.25) is 0 Å². The minimum Gasteiger partial charge on any atom is -0.487 e. The monoisotopic (exact) mass is 445 g/mol. The largest absolute Gasteiger partial charge is 0.487 e. The van der Waals surface area contributed by atoms with E-state index in [4.69, 9.17) is 4.74 Å². The van der Waals surface area contributed by atoms with E-state index in [9.17, 15) is 9.18 Å². The highest BCUT2D eigenvalue weighted by molar-refractivity contribution is 8.00. The Hall–Kier alpha value is -3.58. The summed E-state index contributed by atoms with van der Waals surface area (Å²) >= 11 is 1.29. The molecule has 1 fully saturated rings. The number of halogens is 1. The van der Waals surface area contributed by atoms with E-state index in [0.29, 0.717) is 24.3 Å². The SMILES string of the molecule is O=C(c1ccc(NSc2cccc3cccnc23)c(F)c1)N1CC(Oc2ccccc2)C1. The van der Waals surface area contributed by atoms with Crippen LogP contribution in [0.2, 0.25) is 0 Å². The number of carbonyl (C=O) groups is 1. The summed E-state index contributed by atoms with van der Waals surface area (Å²) in [7, 11) is 0. The van der Waals surface area contributed by atoms with E-state index in [2.05, 4.69) is 9.71 Å².